The first kappa shape index (κ1) is 22.3. The molecular weight excluding hydrogens is 441 g/mol. The van der Waals surface area contributed by atoms with Crippen LogP contribution in [0.2, 0.25) is 0 Å². The summed E-state index contributed by atoms with van der Waals surface area (Å²) < 4.78 is 43.7. The van der Waals surface area contributed by atoms with E-state index in [1.807, 2.05) is 4.90 Å². The Morgan fingerprint density at radius 3 is 2.81 bits per heavy atom. The van der Waals surface area contributed by atoms with Gasteiger partial charge in [-0.15, -0.1) is 0 Å². The first-order valence-electron chi connectivity index (χ1n) is 10.1. The maximum absolute atomic E-state index is 13.5. The molecule has 1 N–H and O–H groups in total. The van der Waals surface area contributed by atoms with Crippen LogP contribution in [0.5, 0.6) is 0 Å². The van der Waals surface area contributed by atoms with Crippen LogP contribution in [-0.4, -0.2) is 46.3 Å². The van der Waals surface area contributed by atoms with Crippen LogP contribution in [0.15, 0.2) is 57.9 Å². The van der Waals surface area contributed by atoms with Crippen molar-refractivity contribution < 1.29 is 22.5 Å². The van der Waals surface area contributed by atoms with Crippen molar-refractivity contribution in [2.75, 3.05) is 25.0 Å². The number of piperidine rings is 1. The van der Waals surface area contributed by atoms with Crippen LogP contribution >= 0.6 is 11.8 Å². The topological polar surface area (TPSA) is 71.3 Å². The number of carbonyl (C=O) groups is 1. The number of alkyl halides is 2. The number of halogens is 3. The van der Waals surface area contributed by atoms with Gasteiger partial charge in [-0.05, 0) is 55.8 Å². The number of rotatable bonds is 7. The Morgan fingerprint density at radius 1 is 1.25 bits per heavy atom. The molecule has 10 heteroatoms. The molecule has 4 rings (SSSR count). The molecule has 1 fully saturated rings. The van der Waals surface area contributed by atoms with Crippen molar-refractivity contribution in [2.45, 2.75) is 29.4 Å². The summed E-state index contributed by atoms with van der Waals surface area (Å²) in [4.78, 5) is 19.3. The van der Waals surface area contributed by atoms with Gasteiger partial charge in [0, 0.05) is 22.7 Å². The van der Waals surface area contributed by atoms with Crippen LogP contribution in [0.4, 0.5) is 18.9 Å². The molecule has 0 spiro atoms. The van der Waals surface area contributed by atoms with Crippen molar-refractivity contribution in [1.82, 2.24) is 15.0 Å². The Morgan fingerprint density at radius 2 is 2.06 bits per heavy atom. The molecule has 1 unspecified atom stereocenters. The third-order valence-corrected chi connectivity index (χ3v) is 5.83. The molecular formula is C22H21F3N4O2S. The molecule has 1 saturated heterocycles. The summed E-state index contributed by atoms with van der Waals surface area (Å²) in [6.07, 6.45) is 1.72. The largest absolute Gasteiger partial charge is 0.339 e. The lowest BCUT2D eigenvalue weighted by molar-refractivity contribution is -0.117. The number of hydrogen-bond donors (Lipinski definition) is 1. The number of anilines is 1. The summed E-state index contributed by atoms with van der Waals surface area (Å²) in [5, 5.41) is 6.76. The van der Waals surface area contributed by atoms with Gasteiger partial charge in [-0.1, -0.05) is 29.1 Å². The second-order valence-corrected chi connectivity index (χ2v) is 8.56. The van der Waals surface area contributed by atoms with Gasteiger partial charge in [0.2, 0.25) is 17.6 Å². The molecule has 0 aliphatic carbocycles. The quantitative estimate of drug-likeness (QED) is 0.498. The fraction of sp³-hybridized carbons (Fsp3) is 0.318. The maximum Gasteiger partial charge on any atom is 0.288 e. The molecule has 3 aromatic rings. The molecule has 1 atom stereocenters. The van der Waals surface area contributed by atoms with E-state index in [4.69, 9.17) is 4.52 Å². The fourth-order valence-electron chi connectivity index (χ4n) is 3.67. The number of carbonyl (C=O) groups excluding carboxylic acids is 1. The number of nitrogens with zero attached hydrogens (tertiary/aromatic N) is 3. The lowest BCUT2D eigenvalue weighted by Crippen LogP contribution is -2.39. The zero-order chi connectivity index (χ0) is 22.5. The Balaban J connectivity index is 1.32. The molecule has 1 amide bonds. The molecule has 0 bridgehead atoms. The minimum Gasteiger partial charge on any atom is -0.339 e. The highest BCUT2D eigenvalue weighted by Crippen LogP contribution is 2.28. The van der Waals surface area contributed by atoms with E-state index in [1.54, 1.807) is 36.4 Å². The van der Waals surface area contributed by atoms with Gasteiger partial charge < -0.3 is 9.84 Å². The molecule has 168 valence electrons. The molecule has 2 aromatic carbocycles. The zero-order valence-corrected chi connectivity index (χ0v) is 17.8. The van der Waals surface area contributed by atoms with Crippen molar-refractivity contribution in [1.29, 1.82) is 0 Å². The summed E-state index contributed by atoms with van der Waals surface area (Å²) in [5.74, 6) is -2.25. The zero-order valence-electron chi connectivity index (χ0n) is 17.0. The van der Waals surface area contributed by atoms with E-state index < -0.39 is 5.76 Å². The fourth-order valence-corrected chi connectivity index (χ4v) is 4.17. The van der Waals surface area contributed by atoms with Gasteiger partial charge in [-0.25, -0.2) is 4.39 Å². The number of amides is 1. The second kappa shape index (κ2) is 10.2. The van der Waals surface area contributed by atoms with Gasteiger partial charge in [0.05, 0.1) is 12.5 Å². The van der Waals surface area contributed by atoms with E-state index in [9.17, 15) is 18.0 Å². The smallest absolute Gasteiger partial charge is 0.288 e. The van der Waals surface area contributed by atoms with Crippen molar-refractivity contribution in [2.24, 2.45) is 0 Å². The van der Waals surface area contributed by atoms with Crippen LogP contribution in [-0.2, 0) is 4.79 Å². The van der Waals surface area contributed by atoms with Gasteiger partial charge >= 0.3 is 0 Å². The number of benzene rings is 2. The van der Waals surface area contributed by atoms with Crippen LogP contribution < -0.4 is 5.32 Å². The summed E-state index contributed by atoms with van der Waals surface area (Å²) in [5.41, 5.74) is 1.10. The van der Waals surface area contributed by atoms with Gasteiger partial charge in [0.15, 0.2) is 0 Å². The van der Waals surface area contributed by atoms with E-state index in [1.165, 1.54) is 12.1 Å². The van der Waals surface area contributed by atoms with Crippen molar-refractivity contribution >= 4 is 23.4 Å². The molecule has 1 aliphatic rings. The van der Waals surface area contributed by atoms with Crippen molar-refractivity contribution in [3.63, 3.8) is 0 Å². The monoisotopic (exact) mass is 462 g/mol. The number of likely N-dealkylation sites (tertiary alicyclic amines) is 1. The molecule has 0 saturated carbocycles. The lowest BCUT2D eigenvalue weighted by atomic mass is 9.98. The highest BCUT2D eigenvalue weighted by molar-refractivity contribution is 7.99. The predicted molar refractivity (Wildman–Crippen MR) is 115 cm³/mol. The van der Waals surface area contributed by atoms with Gasteiger partial charge in [-0.3, -0.25) is 9.69 Å². The van der Waals surface area contributed by atoms with Crippen molar-refractivity contribution in [3.05, 3.63) is 60.2 Å². The first-order chi connectivity index (χ1) is 15.5. The predicted octanol–water partition coefficient (Wildman–Crippen LogP) is 5.01. The molecule has 6 nitrogen and oxygen atoms in total. The summed E-state index contributed by atoms with van der Waals surface area (Å²) in [6, 6.07) is 12.3. The third kappa shape index (κ3) is 5.89. The summed E-state index contributed by atoms with van der Waals surface area (Å²) >= 11 is 0.461. The van der Waals surface area contributed by atoms with E-state index in [0.29, 0.717) is 46.2 Å². The number of aromatic nitrogens is 2. The maximum atomic E-state index is 13.5. The van der Waals surface area contributed by atoms with E-state index in [-0.39, 0.29) is 24.2 Å². The van der Waals surface area contributed by atoms with E-state index in [2.05, 4.69) is 15.5 Å². The van der Waals surface area contributed by atoms with Gasteiger partial charge in [0.25, 0.3) is 5.76 Å². The van der Waals surface area contributed by atoms with Crippen molar-refractivity contribution in [3.8, 4) is 11.4 Å². The number of hydrogen-bond acceptors (Lipinski definition) is 6. The number of thioether (sulfide) groups is 1. The van der Waals surface area contributed by atoms with Crippen LogP contribution in [0.1, 0.15) is 24.7 Å². The lowest BCUT2D eigenvalue weighted by Gasteiger charge is -2.30. The molecule has 0 radical (unpaired) electrons. The van der Waals surface area contributed by atoms with E-state index in [0.717, 1.165) is 19.4 Å². The molecule has 2 heterocycles. The molecule has 32 heavy (non-hydrogen) atoms. The van der Waals surface area contributed by atoms with Crippen LogP contribution in [0.25, 0.3) is 11.4 Å². The Labute approximate surface area is 187 Å². The van der Waals surface area contributed by atoms with Gasteiger partial charge in [-0.2, -0.15) is 13.8 Å². The highest BCUT2D eigenvalue weighted by atomic mass is 32.2. The normalized spacial score (nSPS) is 16.9. The van der Waals surface area contributed by atoms with Crippen LogP contribution in [0, 0.1) is 5.82 Å². The standard InChI is InChI=1S/C22H21F3N4O2S/c23-16-5-1-3-14(11-16)20-27-21(31-28-20)15-4-2-10-29(12-15)13-19(30)26-17-6-8-18(9-7-17)32-22(24)25/h1,3,5-9,11,15,22H,2,4,10,12-13H2,(H,26,30). The van der Waals surface area contributed by atoms with Gasteiger partial charge in [0.1, 0.15) is 5.82 Å². The average Bonchev–Trinajstić information content (AvgIpc) is 3.25. The second-order valence-electron chi connectivity index (χ2n) is 7.49. The average molecular weight is 462 g/mol. The minimum absolute atomic E-state index is 0.0167. The highest BCUT2D eigenvalue weighted by Gasteiger charge is 2.27. The SMILES string of the molecule is O=C(CN1CCCC(c2nc(-c3cccc(F)c3)no2)C1)Nc1ccc(SC(F)F)cc1. The van der Waals surface area contributed by atoms with Crippen LogP contribution in [0.3, 0.4) is 0 Å². The Bertz CT molecular complexity index is 1060. The first-order valence-corrected chi connectivity index (χ1v) is 11.0. The number of nitrogens with one attached hydrogen (secondary N) is 1. The Kier molecular flexibility index (Phi) is 7.11. The van der Waals surface area contributed by atoms with E-state index >= 15 is 0 Å². The molecule has 1 aromatic heterocycles. The summed E-state index contributed by atoms with van der Waals surface area (Å²) in [6.45, 7) is 1.54. The molecule has 1 aliphatic heterocycles. The third-order valence-electron chi connectivity index (χ3n) is 5.11. The Hall–Kier alpha value is -2.85. The summed E-state index contributed by atoms with van der Waals surface area (Å²) in [7, 11) is 0. The minimum atomic E-state index is -2.48.